The van der Waals surface area contributed by atoms with Gasteiger partial charge >= 0.3 is 0 Å². The molecule has 0 heterocycles. The Kier molecular flexibility index (Phi) is 5.42. The van der Waals surface area contributed by atoms with Crippen molar-refractivity contribution >= 4 is 39.1 Å². The number of halogens is 3. The second kappa shape index (κ2) is 6.91. The van der Waals surface area contributed by atoms with Crippen LogP contribution >= 0.6 is 39.1 Å². The highest BCUT2D eigenvalue weighted by Gasteiger charge is 2.18. The molecule has 0 aliphatic carbocycles. The molecule has 1 unspecified atom stereocenters. The van der Waals surface area contributed by atoms with E-state index in [1.807, 2.05) is 37.3 Å². The molecule has 0 amide bonds. The maximum absolute atomic E-state index is 6.62. The van der Waals surface area contributed by atoms with E-state index in [-0.39, 0.29) is 5.38 Å². The van der Waals surface area contributed by atoms with Gasteiger partial charge in [-0.3, -0.25) is 0 Å². The van der Waals surface area contributed by atoms with Crippen molar-refractivity contribution in [2.24, 2.45) is 0 Å². The van der Waals surface area contributed by atoms with Crippen LogP contribution in [0.2, 0.25) is 5.02 Å². The molecule has 2 rings (SSSR count). The predicted molar refractivity (Wildman–Crippen MR) is 91.1 cm³/mol. The molecule has 0 saturated heterocycles. The molecular formula is C16H15BrCl2O2. The van der Waals surface area contributed by atoms with Gasteiger partial charge in [0.25, 0.3) is 0 Å². The van der Waals surface area contributed by atoms with Gasteiger partial charge in [-0.1, -0.05) is 33.6 Å². The number of aryl methyl sites for hydroxylation is 1. The summed E-state index contributed by atoms with van der Waals surface area (Å²) in [7, 11) is 3.20. The van der Waals surface area contributed by atoms with Crippen LogP contribution < -0.4 is 9.47 Å². The highest BCUT2D eigenvalue weighted by atomic mass is 79.9. The van der Waals surface area contributed by atoms with Crippen LogP contribution in [0.15, 0.2) is 34.8 Å². The number of methoxy groups -OCH3 is 2. The summed E-state index contributed by atoms with van der Waals surface area (Å²) in [5, 5.41) is 0.337. The molecule has 0 saturated carbocycles. The molecule has 2 aromatic rings. The van der Waals surface area contributed by atoms with Crippen LogP contribution in [0.4, 0.5) is 0 Å². The van der Waals surface area contributed by atoms with Crippen LogP contribution in [-0.4, -0.2) is 14.2 Å². The van der Waals surface area contributed by atoms with Crippen molar-refractivity contribution in [1.29, 1.82) is 0 Å². The molecule has 0 aliphatic rings. The summed E-state index contributed by atoms with van der Waals surface area (Å²) < 4.78 is 11.5. The first kappa shape index (κ1) is 16.5. The SMILES string of the molecule is COc1cc(Br)c(C(Cl)c2cc(C)cc(Cl)c2)cc1OC. The standard InChI is InChI=1S/C16H15BrCl2O2/c1-9-4-10(6-11(18)5-9)16(19)12-7-14(20-2)15(21-3)8-13(12)17/h4-8,16H,1-3H3. The minimum absolute atomic E-state index is 0.336. The molecule has 0 fully saturated rings. The molecule has 2 nitrogen and oxygen atoms in total. The summed E-state index contributed by atoms with van der Waals surface area (Å²) >= 11 is 16.3. The van der Waals surface area contributed by atoms with E-state index in [0.29, 0.717) is 16.5 Å². The third kappa shape index (κ3) is 3.65. The Morgan fingerprint density at radius 2 is 1.62 bits per heavy atom. The van der Waals surface area contributed by atoms with Gasteiger partial charge in [-0.15, -0.1) is 11.6 Å². The monoisotopic (exact) mass is 388 g/mol. The largest absolute Gasteiger partial charge is 0.493 e. The van der Waals surface area contributed by atoms with Crippen LogP contribution in [0.25, 0.3) is 0 Å². The molecule has 0 aromatic heterocycles. The van der Waals surface area contributed by atoms with E-state index in [9.17, 15) is 0 Å². The van der Waals surface area contributed by atoms with E-state index in [2.05, 4.69) is 15.9 Å². The maximum atomic E-state index is 6.62. The third-order valence-corrected chi connectivity index (χ3v) is 4.53. The molecule has 0 aliphatic heterocycles. The van der Waals surface area contributed by atoms with Crippen molar-refractivity contribution in [3.05, 3.63) is 56.5 Å². The fourth-order valence-electron chi connectivity index (χ4n) is 2.15. The van der Waals surface area contributed by atoms with Gasteiger partial charge in [0.2, 0.25) is 0 Å². The topological polar surface area (TPSA) is 18.5 Å². The average Bonchev–Trinajstić information content (AvgIpc) is 2.45. The Balaban J connectivity index is 2.49. The van der Waals surface area contributed by atoms with Crippen LogP contribution in [0.3, 0.4) is 0 Å². The first-order valence-corrected chi connectivity index (χ1v) is 7.89. The van der Waals surface area contributed by atoms with E-state index >= 15 is 0 Å². The van der Waals surface area contributed by atoms with E-state index < -0.39 is 0 Å². The minimum Gasteiger partial charge on any atom is -0.493 e. The second-order valence-electron chi connectivity index (χ2n) is 4.65. The summed E-state index contributed by atoms with van der Waals surface area (Å²) in [4.78, 5) is 0. The summed E-state index contributed by atoms with van der Waals surface area (Å²) in [5.74, 6) is 1.29. The normalized spacial score (nSPS) is 12.1. The summed E-state index contributed by atoms with van der Waals surface area (Å²) in [5.41, 5.74) is 2.91. The number of rotatable bonds is 4. The summed E-state index contributed by atoms with van der Waals surface area (Å²) in [6.07, 6.45) is 0. The van der Waals surface area contributed by atoms with Gasteiger partial charge in [0.05, 0.1) is 19.6 Å². The van der Waals surface area contributed by atoms with Crippen LogP contribution in [0.5, 0.6) is 11.5 Å². The molecule has 21 heavy (non-hydrogen) atoms. The molecule has 112 valence electrons. The van der Waals surface area contributed by atoms with E-state index in [0.717, 1.165) is 21.2 Å². The second-order valence-corrected chi connectivity index (χ2v) is 6.38. The van der Waals surface area contributed by atoms with Crippen LogP contribution in [-0.2, 0) is 0 Å². The first-order chi connectivity index (χ1) is 9.96. The fraction of sp³-hybridized carbons (Fsp3) is 0.250. The number of ether oxygens (including phenoxy) is 2. The highest BCUT2D eigenvalue weighted by molar-refractivity contribution is 9.10. The molecular weight excluding hydrogens is 375 g/mol. The molecule has 2 aromatic carbocycles. The zero-order valence-electron chi connectivity index (χ0n) is 11.9. The lowest BCUT2D eigenvalue weighted by Crippen LogP contribution is -1.98. The van der Waals surface area contributed by atoms with Gasteiger partial charge in [0, 0.05) is 9.50 Å². The molecule has 0 bridgehead atoms. The zero-order chi connectivity index (χ0) is 15.6. The Morgan fingerprint density at radius 1 is 1.00 bits per heavy atom. The summed E-state index contributed by atoms with van der Waals surface area (Å²) in [6.45, 7) is 1.99. The van der Waals surface area contributed by atoms with Gasteiger partial charge in [-0.25, -0.2) is 0 Å². The van der Waals surface area contributed by atoms with Crippen molar-refractivity contribution in [1.82, 2.24) is 0 Å². The Labute approximate surface area is 143 Å². The predicted octanol–water partition coefficient (Wildman–Crippen LogP) is 5.76. The number of hydrogen-bond donors (Lipinski definition) is 0. The lowest BCUT2D eigenvalue weighted by molar-refractivity contribution is 0.354. The average molecular weight is 390 g/mol. The Hall–Kier alpha value is -0.900. The van der Waals surface area contributed by atoms with E-state index in [1.165, 1.54) is 0 Å². The minimum atomic E-state index is -0.336. The Morgan fingerprint density at radius 3 is 2.19 bits per heavy atom. The van der Waals surface area contributed by atoms with E-state index in [4.69, 9.17) is 32.7 Å². The highest BCUT2D eigenvalue weighted by Crippen LogP contribution is 2.41. The lowest BCUT2D eigenvalue weighted by Gasteiger charge is -2.16. The van der Waals surface area contributed by atoms with Crippen molar-refractivity contribution < 1.29 is 9.47 Å². The quantitative estimate of drug-likeness (QED) is 0.619. The molecule has 0 spiro atoms. The number of hydrogen-bond acceptors (Lipinski definition) is 2. The van der Waals surface area contributed by atoms with Crippen LogP contribution in [0.1, 0.15) is 22.1 Å². The maximum Gasteiger partial charge on any atom is 0.161 e. The van der Waals surface area contributed by atoms with Crippen molar-refractivity contribution in [3.63, 3.8) is 0 Å². The first-order valence-electron chi connectivity index (χ1n) is 6.29. The Bertz CT molecular complexity index is 639. The molecule has 0 N–H and O–H groups in total. The van der Waals surface area contributed by atoms with Crippen LogP contribution in [0, 0.1) is 6.92 Å². The van der Waals surface area contributed by atoms with Crippen molar-refractivity contribution in [2.45, 2.75) is 12.3 Å². The molecule has 5 heteroatoms. The van der Waals surface area contributed by atoms with Crippen molar-refractivity contribution in [3.8, 4) is 11.5 Å². The van der Waals surface area contributed by atoms with Gasteiger partial charge in [0.15, 0.2) is 11.5 Å². The molecule has 0 radical (unpaired) electrons. The van der Waals surface area contributed by atoms with Crippen molar-refractivity contribution in [2.75, 3.05) is 14.2 Å². The third-order valence-electron chi connectivity index (χ3n) is 3.13. The number of benzene rings is 2. The smallest absolute Gasteiger partial charge is 0.161 e. The zero-order valence-corrected chi connectivity index (χ0v) is 15.0. The van der Waals surface area contributed by atoms with Gasteiger partial charge in [0.1, 0.15) is 0 Å². The fourth-order valence-corrected chi connectivity index (χ4v) is 3.44. The summed E-state index contributed by atoms with van der Waals surface area (Å²) in [6, 6.07) is 9.51. The molecule has 1 atom stereocenters. The van der Waals surface area contributed by atoms with Gasteiger partial charge < -0.3 is 9.47 Å². The lowest BCUT2D eigenvalue weighted by atomic mass is 10.0. The van der Waals surface area contributed by atoms with Gasteiger partial charge in [-0.2, -0.15) is 0 Å². The number of alkyl halides is 1. The van der Waals surface area contributed by atoms with E-state index in [1.54, 1.807) is 14.2 Å². The van der Waals surface area contributed by atoms with Gasteiger partial charge in [-0.05, 0) is 47.9 Å².